The highest BCUT2D eigenvalue weighted by Gasteiger charge is 2.34. The number of para-hydroxylation sites is 1. The van der Waals surface area contributed by atoms with Crippen LogP contribution in [-0.2, 0) is 14.3 Å². The number of carboxylic acid groups (broad SMARTS) is 1. The summed E-state index contributed by atoms with van der Waals surface area (Å²) < 4.78 is 11.2. The van der Waals surface area contributed by atoms with Crippen molar-refractivity contribution in [3.63, 3.8) is 0 Å². The summed E-state index contributed by atoms with van der Waals surface area (Å²) in [4.78, 5) is 23.2. The summed E-state index contributed by atoms with van der Waals surface area (Å²) in [6.45, 7) is 3.39. The molecule has 1 aliphatic rings. The van der Waals surface area contributed by atoms with Crippen molar-refractivity contribution in [1.82, 2.24) is 0 Å². The minimum Gasteiger partial charge on any atom is -0.481 e. The first-order valence-corrected chi connectivity index (χ1v) is 7.57. The van der Waals surface area contributed by atoms with Crippen LogP contribution >= 0.6 is 0 Å². The zero-order valence-electron chi connectivity index (χ0n) is 13.0. The van der Waals surface area contributed by atoms with Crippen LogP contribution in [0.15, 0.2) is 30.3 Å². The molecule has 0 bridgehead atoms. The Bertz CT molecular complexity index is 515. The number of ether oxygens (including phenoxy) is 2. The quantitative estimate of drug-likeness (QED) is 0.668. The molecule has 0 aromatic heterocycles. The van der Waals surface area contributed by atoms with Crippen molar-refractivity contribution in [2.45, 2.75) is 45.3 Å². The second-order valence-corrected chi connectivity index (χ2v) is 6.12. The number of carbonyl (C=O) groups excluding carboxylic acids is 1. The summed E-state index contributed by atoms with van der Waals surface area (Å²) in [6, 6.07) is 9.18. The van der Waals surface area contributed by atoms with Gasteiger partial charge in [-0.05, 0) is 37.8 Å². The largest absolute Gasteiger partial charge is 0.481 e. The van der Waals surface area contributed by atoms with Gasteiger partial charge >= 0.3 is 11.9 Å². The highest BCUT2D eigenvalue weighted by Crippen LogP contribution is 2.31. The van der Waals surface area contributed by atoms with Crippen LogP contribution in [0.25, 0.3) is 0 Å². The topological polar surface area (TPSA) is 72.8 Å². The third-order valence-electron chi connectivity index (χ3n) is 3.86. The van der Waals surface area contributed by atoms with Crippen molar-refractivity contribution >= 4 is 11.9 Å². The lowest BCUT2D eigenvalue weighted by Crippen LogP contribution is -2.38. The molecule has 5 heteroatoms. The second kappa shape index (κ2) is 6.81. The molecule has 0 amide bonds. The molecule has 1 N–H and O–H groups in total. The predicted molar refractivity (Wildman–Crippen MR) is 80.3 cm³/mol. The van der Waals surface area contributed by atoms with Crippen molar-refractivity contribution in [1.29, 1.82) is 0 Å². The van der Waals surface area contributed by atoms with Gasteiger partial charge in [0.2, 0.25) is 5.79 Å². The molecule has 0 atom stereocenters. The summed E-state index contributed by atoms with van der Waals surface area (Å²) >= 11 is 0. The monoisotopic (exact) mass is 306 g/mol. The van der Waals surface area contributed by atoms with Gasteiger partial charge < -0.3 is 14.6 Å². The van der Waals surface area contributed by atoms with Crippen LogP contribution in [0.2, 0.25) is 0 Å². The zero-order valence-corrected chi connectivity index (χ0v) is 13.0. The number of hydrogen-bond donors (Lipinski definition) is 1. The van der Waals surface area contributed by atoms with Crippen LogP contribution in [-0.4, -0.2) is 22.8 Å². The average molecular weight is 306 g/mol. The van der Waals surface area contributed by atoms with E-state index >= 15 is 0 Å². The maximum Gasteiger partial charge on any atom is 0.312 e. The first-order chi connectivity index (χ1) is 10.4. The number of esters is 1. The van der Waals surface area contributed by atoms with Crippen LogP contribution in [0.4, 0.5) is 0 Å². The van der Waals surface area contributed by atoms with E-state index in [1.807, 2.05) is 18.2 Å². The van der Waals surface area contributed by atoms with Crippen LogP contribution in [0.1, 0.15) is 39.5 Å². The van der Waals surface area contributed by atoms with E-state index in [0.29, 0.717) is 31.4 Å². The van der Waals surface area contributed by atoms with Crippen LogP contribution in [0, 0.1) is 11.8 Å². The van der Waals surface area contributed by atoms with Crippen molar-refractivity contribution < 1.29 is 24.2 Å². The standard InChI is InChI=1S/C17H22O5/c1-17(2,21-14-6-4-3-5-7-14)22-16(20)13-10-8-12(9-11-13)15(18)19/h3-7,12-13H,8-11H2,1-2H3,(H,18,19)/t12-,13-. The summed E-state index contributed by atoms with van der Waals surface area (Å²) in [6.07, 6.45) is 2.15. The number of carbonyl (C=O) groups is 2. The molecule has 1 aliphatic carbocycles. The molecule has 0 aliphatic heterocycles. The fourth-order valence-electron chi connectivity index (χ4n) is 2.69. The number of rotatable bonds is 5. The molecule has 0 heterocycles. The summed E-state index contributed by atoms with van der Waals surface area (Å²) in [7, 11) is 0. The van der Waals surface area contributed by atoms with E-state index < -0.39 is 11.8 Å². The Kier molecular flexibility index (Phi) is 5.06. The molecule has 0 radical (unpaired) electrons. The fourth-order valence-corrected chi connectivity index (χ4v) is 2.69. The van der Waals surface area contributed by atoms with E-state index in [0.717, 1.165) is 0 Å². The minimum absolute atomic E-state index is 0.241. The molecule has 0 spiro atoms. The van der Waals surface area contributed by atoms with Crippen LogP contribution < -0.4 is 4.74 Å². The number of carboxylic acids is 1. The molecule has 1 saturated carbocycles. The van der Waals surface area contributed by atoms with Gasteiger partial charge in [0.15, 0.2) is 0 Å². The first kappa shape index (κ1) is 16.3. The van der Waals surface area contributed by atoms with Gasteiger partial charge in [-0.1, -0.05) is 18.2 Å². The van der Waals surface area contributed by atoms with Gasteiger partial charge in [-0.3, -0.25) is 9.59 Å². The number of benzene rings is 1. The van der Waals surface area contributed by atoms with Gasteiger partial charge in [-0.2, -0.15) is 0 Å². The van der Waals surface area contributed by atoms with Gasteiger partial charge in [0, 0.05) is 13.8 Å². The van der Waals surface area contributed by atoms with E-state index in [1.165, 1.54) is 0 Å². The van der Waals surface area contributed by atoms with Crippen molar-refractivity contribution in [3.05, 3.63) is 30.3 Å². The Hall–Kier alpha value is -2.04. The molecule has 5 nitrogen and oxygen atoms in total. The van der Waals surface area contributed by atoms with E-state index in [-0.39, 0.29) is 17.8 Å². The normalized spacial score (nSPS) is 21.9. The van der Waals surface area contributed by atoms with Gasteiger partial charge in [-0.15, -0.1) is 0 Å². The van der Waals surface area contributed by atoms with E-state index in [9.17, 15) is 9.59 Å². The first-order valence-electron chi connectivity index (χ1n) is 7.57. The Morgan fingerprint density at radius 2 is 1.59 bits per heavy atom. The maximum atomic E-state index is 12.2. The highest BCUT2D eigenvalue weighted by atomic mass is 16.7. The third kappa shape index (κ3) is 4.48. The van der Waals surface area contributed by atoms with E-state index in [1.54, 1.807) is 26.0 Å². The average Bonchev–Trinajstić information content (AvgIpc) is 2.47. The maximum absolute atomic E-state index is 12.2. The van der Waals surface area contributed by atoms with E-state index in [4.69, 9.17) is 14.6 Å². The lowest BCUT2D eigenvalue weighted by Gasteiger charge is -2.30. The molecule has 0 saturated heterocycles. The summed E-state index contributed by atoms with van der Waals surface area (Å²) in [5.41, 5.74) is 0. The Morgan fingerprint density at radius 3 is 2.14 bits per heavy atom. The Morgan fingerprint density at radius 1 is 1.05 bits per heavy atom. The highest BCUT2D eigenvalue weighted by molar-refractivity contribution is 5.74. The van der Waals surface area contributed by atoms with Gasteiger partial charge in [0.05, 0.1) is 11.8 Å². The lowest BCUT2D eigenvalue weighted by molar-refractivity contribution is -0.192. The third-order valence-corrected chi connectivity index (χ3v) is 3.86. The van der Waals surface area contributed by atoms with Gasteiger partial charge in [-0.25, -0.2) is 0 Å². The molecule has 1 aromatic rings. The molecule has 2 rings (SSSR count). The Labute approximate surface area is 130 Å². The zero-order chi connectivity index (χ0) is 16.2. The molecule has 120 valence electrons. The predicted octanol–water partition coefficient (Wildman–Crippen LogP) is 3.24. The van der Waals surface area contributed by atoms with Crippen LogP contribution in [0.5, 0.6) is 5.75 Å². The SMILES string of the molecule is CC(C)(Oc1ccccc1)OC(=O)[C@H]1CC[C@H](C(=O)O)CC1. The van der Waals surface area contributed by atoms with Gasteiger partial charge in [0.25, 0.3) is 0 Å². The molecular weight excluding hydrogens is 284 g/mol. The summed E-state index contributed by atoms with van der Waals surface area (Å²) in [5, 5.41) is 8.98. The van der Waals surface area contributed by atoms with Crippen LogP contribution in [0.3, 0.4) is 0 Å². The van der Waals surface area contributed by atoms with Crippen molar-refractivity contribution in [2.75, 3.05) is 0 Å². The molecule has 1 aromatic carbocycles. The Balaban J connectivity index is 1.87. The fraction of sp³-hybridized carbons (Fsp3) is 0.529. The summed E-state index contributed by atoms with van der Waals surface area (Å²) in [5.74, 6) is -2.09. The molecule has 1 fully saturated rings. The molecule has 0 unspecified atom stereocenters. The second-order valence-electron chi connectivity index (χ2n) is 6.12. The minimum atomic E-state index is -1.05. The van der Waals surface area contributed by atoms with Crippen molar-refractivity contribution in [2.24, 2.45) is 11.8 Å². The number of hydrogen-bond acceptors (Lipinski definition) is 4. The smallest absolute Gasteiger partial charge is 0.312 e. The van der Waals surface area contributed by atoms with Gasteiger partial charge in [0.1, 0.15) is 5.75 Å². The number of aliphatic carboxylic acids is 1. The molecular formula is C17H22O5. The van der Waals surface area contributed by atoms with E-state index in [2.05, 4.69) is 0 Å². The van der Waals surface area contributed by atoms with Crippen molar-refractivity contribution in [3.8, 4) is 5.75 Å². The molecule has 22 heavy (non-hydrogen) atoms. The lowest BCUT2D eigenvalue weighted by atomic mass is 9.82.